The molecule has 2 aliphatic rings. The molecule has 1 atom stereocenters. The van der Waals surface area contributed by atoms with Crippen molar-refractivity contribution in [3.8, 4) is 0 Å². The number of nitro groups is 1. The maximum Gasteiger partial charge on any atom is 0.293 e. The Morgan fingerprint density at radius 2 is 2.04 bits per heavy atom. The van der Waals surface area contributed by atoms with Gasteiger partial charge < -0.3 is 14.5 Å². The fourth-order valence-corrected chi connectivity index (χ4v) is 4.35. The molecule has 1 amide bonds. The van der Waals surface area contributed by atoms with Gasteiger partial charge in [-0.05, 0) is 36.8 Å². The number of benzene rings is 1. The molecular formula is C20H29N3O4. The lowest BCUT2D eigenvalue weighted by atomic mass is 9.78. The van der Waals surface area contributed by atoms with Crippen LogP contribution in [0.25, 0.3) is 0 Å². The summed E-state index contributed by atoms with van der Waals surface area (Å²) in [6.07, 6.45) is 4.41. The Morgan fingerprint density at radius 3 is 2.70 bits per heavy atom. The summed E-state index contributed by atoms with van der Waals surface area (Å²) in [4.78, 5) is 27.9. The van der Waals surface area contributed by atoms with E-state index in [2.05, 4.69) is 18.7 Å². The van der Waals surface area contributed by atoms with E-state index in [1.54, 1.807) is 17.0 Å². The van der Waals surface area contributed by atoms with E-state index in [1.165, 1.54) is 6.07 Å². The van der Waals surface area contributed by atoms with Gasteiger partial charge in [-0.25, -0.2) is 0 Å². The molecule has 7 nitrogen and oxygen atoms in total. The lowest BCUT2D eigenvalue weighted by Crippen LogP contribution is -2.42. The lowest BCUT2D eigenvalue weighted by molar-refractivity contribution is -0.384. The summed E-state index contributed by atoms with van der Waals surface area (Å²) in [7, 11) is 0. The third kappa shape index (κ3) is 4.40. The minimum absolute atomic E-state index is 0.0230. The molecule has 0 bridgehead atoms. The second kappa shape index (κ2) is 8.25. The third-order valence-corrected chi connectivity index (χ3v) is 5.69. The largest absolute Gasteiger partial charge is 0.378 e. The molecule has 0 aliphatic carbocycles. The molecule has 27 heavy (non-hydrogen) atoms. The molecule has 1 aromatic carbocycles. The summed E-state index contributed by atoms with van der Waals surface area (Å²) >= 11 is 0. The molecule has 3 rings (SSSR count). The minimum Gasteiger partial charge on any atom is -0.378 e. The van der Waals surface area contributed by atoms with Crippen molar-refractivity contribution >= 4 is 17.3 Å². The molecule has 0 spiro atoms. The number of morpholine rings is 1. The topological polar surface area (TPSA) is 75.9 Å². The standard InChI is InChI=1S/C20H29N3O4/c1-3-7-20(2)8-4-9-22(15-20)17-6-5-16(14-18(17)23(25)26)19(24)21-10-12-27-13-11-21/h5-6,14H,3-4,7-13,15H2,1-2H3. The Hall–Kier alpha value is -2.15. The summed E-state index contributed by atoms with van der Waals surface area (Å²) in [5, 5.41) is 11.7. The minimum atomic E-state index is -0.364. The summed E-state index contributed by atoms with van der Waals surface area (Å²) in [6, 6.07) is 4.92. The van der Waals surface area contributed by atoms with Gasteiger partial charge in [0.05, 0.1) is 18.1 Å². The molecule has 7 heteroatoms. The van der Waals surface area contributed by atoms with Crippen molar-refractivity contribution < 1.29 is 14.5 Å². The summed E-state index contributed by atoms with van der Waals surface area (Å²) in [6.45, 7) is 8.15. The number of piperidine rings is 1. The smallest absolute Gasteiger partial charge is 0.293 e. The van der Waals surface area contributed by atoms with Crippen molar-refractivity contribution in [3.63, 3.8) is 0 Å². The molecule has 2 heterocycles. The molecule has 1 unspecified atom stereocenters. The highest BCUT2D eigenvalue weighted by Crippen LogP contribution is 2.39. The van der Waals surface area contributed by atoms with E-state index in [0.717, 1.165) is 38.8 Å². The highest BCUT2D eigenvalue weighted by molar-refractivity contribution is 5.96. The molecule has 0 N–H and O–H groups in total. The van der Waals surface area contributed by atoms with Gasteiger partial charge in [-0.1, -0.05) is 20.3 Å². The average Bonchev–Trinajstić information content (AvgIpc) is 2.67. The first-order valence-corrected chi connectivity index (χ1v) is 9.84. The molecule has 0 radical (unpaired) electrons. The highest BCUT2D eigenvalue weighted by Gasteiger charge is 2.33. The van der Waals surface area contributed by atoms with Gasteiger partial charge in [0.1, 0.15) is 5.69 Å². The van der Waals surface area contributed by atoms with E-state index in [-0.39, 0.29) is 21.9 Å². The number of amides is 1. The van der Waals surface area contributed by atoms with Gasteiger partial charge in [0.2, 0.25) is 0 Å². The number of hydrogen-bond acceptors (Lipinski definition) is 5. The van der Waals surface area contributed by atoms with Crippen molar-refractivity contribution in [2.75, 3.05) is 44.3 Å². The van der Waals surface area contributed by atoms with Gasteiger partial charge in [-0.15, -0.1) is 0 Å². The van der Waals surface area contributed by atoms with Crippen molar-refractivity contribution in [1.82, 2.24) is 4.90 Å². The van der Waals surface area contributed by atoms with Crippen molar-refractivity contribution in [2.24, 2.45) is 5.41 Å². The van der Waals surface area contributed by atoms with E-state index in [4.69, 9.17) is 4.74 Å². The number of carbonyl (C=O) groups is 1. The van der Waals surface area contributed by atoms with Crippen LogP contribution in [0.3, 0.4) is 0 Å². The van der Waals surface area contributed by atoms with E-state index in [9.17, 15) is 14.9 Å². The van der Waals surface area contributed by atoms with Gasteiger partial charge in [0.15, 0.2) is 0 Å². The van der Waals surface area contributed by atoms with Gasteiger partial charge in [-0.2, -0.15) is 0 Å². The summed E-state index contributed by atoms with van der Waals surface area (Å²) in [5.41, 5.74) is 1.21. The number of nitrogens with zero attached hydrogens (tertiary/aromatic N) is 3. The maximum absolute atomic E-state index is 12.7. The molecule has 2 saturated heterocycles. The van der Waals surface area contributed by atoms with Gasteiger partial charge in [0, 0.05) is 37.8 Å². The van der Waals surface area contributed by atoms with Crippen LogP contribution in [0, 0.1) is 15.5 Å². The first-order chi connectivity index (χ1) is 12.9. The second-order valence-electron chi connectivity index (χ2n) is 7.95. The average molecular weight is 375 g/mol. The van der Waals surface area contributed by atoms with Gasteiger partial charge in [0.25, 0.3) is 11.6 Å². The molecule has 2 aliphatic heterocycles. The van der Waals surface area contributed by atoms with Crippen LogP contribution in [-0.4, -0.2) is 55.1 Å². The number of anilines is 1. The predicted molar refractivity (Wildman–Crippen MR) is 104 cm³/mol. The van der Waals surface area contributed by atoms with Crippen LogP contribution in [-0.2, 0) is 4.74 Å². The molecular weight excluding hydrogens is 346 g/mol. The molecule has 0 saturated carbocycles. The van der Waals surface area contributed by atoms with Crippen molar-refractivity contribution in [2.45, 2.75) is 39.5 Å². The molecule has 0 aromatic heterocycles. The second-order valence-corrected chi connectivity index (χ2v) is 7.95. The Kier molecular flexibility index (Phi) is 5.99. The van der Waals surface area contributed by atoms with E-state index in [1.807, 2.05) is 0 Å². The first-order valence-electron chi connectivity index (χ1n) is 9.84. The molecule has 148 valence electrons. The van der Waals surface area contributed by atoms with Crippen LogP contribution in [0.1, 0.15) is 49.9 Å². The van der Waals surface area contributed by atoms with Crippen LogP contribution >= 0.6 is 0 Å². The zero-order valence-electron chi connectivity index (χ0n) is 16.3. The Bertz CT molecular complexity index is 698. The van der Waals surface area contributed by atoms with E-state index in [0.29, 0.717) is 37.6 Å². The fourth-order valence-electron chi connectivity index (χ4n) is 4.35. The quantitative estimate of drug-likeness (QED) is 0.582. The zero-order valence-corrected chi connectivity index (χ0v) is 16.3. The van der Waals surface area contributed by atoms with Crippen molar-refractivity contribution in [3.05, 3.63) is 33.9 Å². The monoisotopic (exact) mass is 375 g/mol. The fraction of sp³-hybridized carbons (Fsp3) is 0.650. The number of carbonyl (C=O) groups excluding carboxylic acids is 1. The van der Waals surface area contributed by atoms with E-state index >= 15 is 0 Å². The summed E-state index contributed by atoms with van der Waals surface area (Å²) in [5.74, 6) is -0.164. The normalized spacial score (nSPS) is 23.3. The number of hydrogen-bond donors (Lipinski definition) is 0. The van der Waals surface area contributed by atoms with Crippen molar-refractivity contribution in [1.29, 1.82) is 0 Å². The third-order valence-electron chi connectivity index (χ3n) is 5.69. The molecule has 2 fully saturated rings. The zero-order chi connectivity index (χ0) is 19.4. The van der Waals surface area contributed by atoms with Gasteiger partial charge in [-0.3, -0.25) is 14.9 Å². The van der Waals surface area contributed by atoms with Crippen LogP contribution < -0.4 is 4.90 Å². The highest BCUT2D eigenvalue weighted by atomic mass is 16.6. The number of nitro benzene ring substituents is 1. The maximum atomic E-state index is 12.7. The predicted octanol–water partition coefficient (Wildman–Crippen LogP) is 3.47. The number of ether oxygens (including phenoxy) is 1. The van der Waals surface area contributed by atoms with Crippen LogP contribution in [0.5, 0.6) is 0 Å². The Balaban J connectivity index is 1.85. The lowest BCUT2D eigenvalue weighted by Gasteiger charge is -2.41. The molecule has 1 aromatic rings. The Morgan fingerprint density at radius 1 is 1.30 bits per heavy atom. The van der Waals surface area contributed by atoms with E-state index < -0.39 is 0 Å². The number of rotatable bonds is 5. The first kappa shape index (κ1) is 19.6. The Labute approximate surface area is 160 Å². The van der Waals surface area contributed by atoms with Crippen LogP contribution in [0.4, 0.5) is 11.4 Å². The van der Waals surface area contributed by atoms with Crippen LogP contribution in [0.15, 0.2) is 18.2 Å². The van der Waals surface area contributed by atoms with Gasteiger partial charge >= 0.3 is 0 Å². The SMILES string of the molecule is CCCC1(C)CCCN(c2ccc(C(=O)N3CCOCC3)cc2[N+](=O)[O-])C1. The summed E-state index contributed by atoms with van der Waals surface area (Å²) < 4.78 is 5.28. The van der Waals surface area contributed by atoms with Crippen LogP contribution in [0.2, 0.25) is 0 Å².